The zero-order chi connectivity index (χ0) is 17.4. The van der Waals surface area contributed by atoms with Gasteiger partial charge < -0.3 is 0 Å². The minimum Gasteiger partial charge on any atom is -0.299 e. The fourth-order valence-corrected chi connectivity index (χ4v) is 3.66. The average Bonchev–Trinajstić information content (AvgIpc) is 2.55. The molecule has 0 saturated heterocycles. The highest BCUT2D eigenvalue weighted by atomic mass is 19.4. The Bertz CT molecular complexity index is 742. The summed E-state index contributed by atoms with van der Waals surface area (Å²) in [4.78, 5) is 16.8. The molecule has 0 spiro atoms. The van der Waals surface area contributed by atoms with Gasteiger partial charge in [-0.15, -0.1) is 0 Å². The molecule has 1 aromatic carbocycles. The van der Waals surface area contributed by atoms with Crippen molar-refractivity contribution in [2.45, 2.75) is 37.8 Å². The summed E-state index contributed by atoms with van der Waals surface area (Å²) in [7, 11) is 0. The molecule has 1 aromatic heterocycles. The number of carbonyl (C=O) groups excluding carboxylic acids is 1. The maximum Gasteiger partial charge on any atom is 0.416 e. The highest BCUT2D eigenvalue weighted by Crippen LogP contribution is 2.54. The van der Waals surface area contributed by atoms with Crippen molar-refractivity contribution >= 4 is 5.78 Å². The molecular weight excluding hydrogens is 315 g/mol. The largest absolute Gasteiger partial charge is 0.416 e. The summed E-state index contributed by atoms with van der Waals surface area (Å²) >= 11 is 0. The van der Waals surface area contributed by atoms with Crippen LogP contribution < -0.4 is 0 Å². The van der Waals surface area contributed by atoms with Crippen molar-refractivity contribution in [3.05, 3.63) is 65.5 Å². The number of rotatable bonds is 4. The molecule has 2 aromatic rings. The number of hydrogen-bond donors (Lipinski definition) is 0. The van der Waals surface area contributed by atoms with Crippen LogP contribution in [0.3, 0.4) is 0 Å². The third-order valence-electron chi connectivity index (χ3n) is 4.99. The van der Waals surface area contributed by atoms with E-state index in [1.165, 1.54) is 12.1 Å². The van der Waals surface area contributed by atoms with Crippen LogP contribution in [0.4, 0.5) is 13.2 Å². The van der Waals surface area contributed by atoms with Gasteiger partial charge in [0, 0.05) is 24.0 Å². The lowest BCUT2D eigenvalue weighted by Crippen LogP contribution is -2.49. The Hall–Kier alpha value is -2.17. The van der Waals surface area contributed by atoms with E-state index in [4.69, 9.17) is 0 Å². The van der Waals surface area contributed by atoms with Crippen LogP contribution in [0.5, 0.6) is 0 Å². The fraction of sp³-hybridized carbons (Fsp3) is 0.368. The molecule has 3 rings (SSSR count). The highest BCUT2D eigenvalue weighted by molar-refractivity contribution is 5.84. The van der Waals surface area contributed by atoms with Gasteiger partial charge >= 0.3 is 6.18 Å². The number of ketones is 1. The topological polar surface area (TPSA) is 30.0 Å². The summed E-state index contributed by atoms with van der Waals surface area (Å²) in [5, 5.41) is 0. The standard InChI is InChI=1S/C19H18F3NO/c1-2-16(24)15-9-10-18(15,17-8-3-4-11-23-17)13-6-5-7-14(12-13)19(20,21)22/h3-8,11-12,15H,2,9-10H2,1H3. The number of halogens is 3. The Morgan fingerprint density at radius 1 is 1.25 bits per heavy atom. The number of nitrogens with zero attached hydrogens (tertiary/aromatic N) is 1. The molecule has 2 nitrogen and oxygen atoms in total. The van der Waals surface area contributed by atoms with Crippen LogP contribution in [-0.4, -0.2) is 10.8 Å². The van der Waals surface area contributed by atoms with Crippen LogP contribution in [0.25, 0.3) is 0 Å². The number of alkyl halides is 3. The van der Waals surface area contributed by atoms with Crippen molar-refractivity contribution in [3.8, 4) is 0 Å². The molecule has 0 aliphatic heterocycles. The molecular formula is C19H18F3NO. The first kappa shape index (κ1) is 16.7. The lowest BCUT2D eigenvalue weighted by atomic mass is 9.53. The molecule has 2 unspecified atom stereocenters. The zero-order valence-electron chi connectivity index (χ0n) is 13.3. The predicted molar refractivity (Wildman–Crippen MR) is 84.5 cm³/mol. The third kappa shape index (κ3) is 2.62. The van der Waals surface area contributed by atoms with Crippen LogP contribution >= 0.6 is 0 Å². The van der Waals surface area contributed by atoms with E-state index < -0.39 is 17.2 Å². The monoisotopic (exact) mass is 333 g/mol. The predicted octanol–water partition coefficient (Wildman–Crippen LogP) is 4.78. The van der Waals surface area contributed by atoms with Crippen LogP contribution in [-0.2, 0) is 16.4 Å². The van der Waals surface area contributed by atoms with E-state index >= 15 is 0 Å². The Labute approximate surface area is 138 Å². The lowest BCUT2D eigenvalue weighted by molar-refractivity contribution is -0.137. The van der Waals surface area contributed by atoms with Gasteiger partial charge in [0.2, 0.25) is 0 Å². The van der Waals surface area contributed by atoms with E-state index in [9.17, 15) is 18.0 Å². The summed E-state index contributed by atoms with van der Waals surface area (Å²) in [5.41, 5.74) is -0.253. The van der Waals surface area contributed by atoms with Gasteiger partial charge in [-0.25, -0.2) is 0 Å². The second-order valence-electron chi connectivity index (χ2n) is 6.18. The summed E-state index contributed by atoms with van der Waals surface area (Å²) in [6.45, 7) is 1.79. The lowest BCUT2D eigenvalue weighted by Gasteiger charge is -2.49. The molecule has 5 heteroatoms. The van der Waals surface area contributed by atoms with E-state index in [2.05, 4.69) is 4.98 Å². The van der Waals surface area contributed by atoms with E-state index in [-0.39, 0.29) is 11.7 Å². The molecule has 0 N–H and O–H groups in total. The number of aromatic nitrogens is 1. The Morgan fingerprint density at radius 2 is 2.04 bits per heavy atom. The van der Waals surface area contributed by atoms with Gasteiger partial charge in [0.25, 0.3) is 0 Å². The van der Waals surface area contributed by atoms with Crippen molar-refractivity contribution in [3.63, 3.8) is 0 Å². The molecule has 24 heavy (non-hydrogen) atoms. The highest BCUT2D eigenvalue weighted by Gasteiger charge is 2.53. The van der Waals surface area contributed by atoms with E-state index in [0.717, 1.165) is 6.07 Å². The van der Waals surface area contributed by atoms with E-state index in [0.29, 0.717) is 30.5 Å². The Balaban J connectivity index is 2.15. The van der Waals surface area contributed by atoms with Gasteiger partial charge in [-0.05, 0) is 36.6 Å². The van der Waals surface area contributed by atoms with E-state index in [1.54, 1.807) is 31.3 Å². The number of hydrogen-bond acceptors (Lipinski definition) is 2. The van der Waals surface area contributed by atoms with Gasteiger partial charge in [0.1, 0.15) is 5.78 Å². The van der Waals surface area contributed by atoms with Crippen molar-refractivity contribution in [2.75, 3.05) is 0 Å². The minimum absolute atomic E-state index is 0.0734. The Kier molecular flexibility index (Phi) is 4.20. The number of benzene rings is 1. The molecule has 1 saturated carbocycles. The van der Waals surface area contributed by atoms with Crippen LogP contribution in [0.1, 0.15) is 43.0 Å². The first-order valence-electron chi connectivity index (χ1n) is 8.01. The second kappa shape index (κ2) is 6.04. The summed E-state index contributed by atoms with van der Waals surface area (Å²) in [6, 6.07) is 10.7. The number of pyridine rings is 1. The molecule has 0 amide bonds. The van der Waals surface area contributed by atoms with Crippen molar-refractivity contribution in [1.82, 2.24) is 4.98 Å². The van der Waals surface area contributed by atoms with Gasteiger partial charge in [-0.2, -0.15) is 13.2 Å². The number of Topliss-reactive ketones (excluding diaryl/α,β-unsaturated/α-hetero) is 1. The molecule has 1 aliphatic rings. The normalized spacial score (nSPS) is 23.6. The fourth-order valence-electron chi connectivity index (χ4n) is 3.66. The van der Waals surface area contributed by atoms with Crippen molar-refractivity contribution in [1.29, 1.82) is 0 Å². The molecule has 0 bridgehead atoms. The van der Waals surface area contributed by atoms with Crippen LogP contribution in [0, 0.1) is 5.92 Å². The van der Waals surface area contributed by atoms with Gasteiger partial charge in [-0.1, -0.05) is 31.2 Å². The van der Waals surface area contributed by atoms with Crippen LogP contribution in [0.15, 0.2) is 48.7 Å². The third-order valence-corrected chi connectivity index (χ3v) is 4.99. The molecule has 1 heterocycles. The SMILES string of the molecule is CCC(=O)C1CCC1(c1cccc(C(F)(F)F)c1)c1ccccn1. The van der Waals surface area contributed by atoms with E-state index in [1.807, 2.05) is 6.07 Å². The first-order valence-corrected chi connectivity index (χ1v) is 8.01. The maximum atomic E-state index is 13.1. The number of carbonyl (C=O) groups is 1. The molecule has 126 valence electrons. The summed E-state index contributed by atoms with van der Waals surface area (Å²) in [6.07, 6.45) is -1.11. The van der Waals surface area contributed by atoms with Crippen LogP contribution in [0.2, 0.25) is 0 Å². The average molecular weight is 333 g/mol. The summed E-state index contributed by atoms with van der Waals surface area (Å²) in [5.74, 6) is -0.245. The first-order chi connectivity index (χ1) is 11.4. The van der Waals surface area contributed by atoms with Gasteiger partial charge in [-0.3, -0.25) is 9.78 Å². The molecule has 1 aliphatic carbocycles. The Morgan fingerprint density at radius 3 is 2.58 bits per heavy atom. The minimum atomic E-state index is -4.41. The second-order valence-corrected chi connectivity index (χ2v) is 6.18. The van der Waals surface area contributed by atoms with Gasteiger partial charge in [0.15, 0.2) is 0 Å². The smallest absolute Gasteiger partial charge is 0.299 e. The molecule has 2 atom stereocenters. The van der Waals surface area contributed by atoms with Crippen molar-refractivity contribution in [2.24, 2.45) is 5.92 Å². The summed E-state index contributed by atoms with van der Waals surface area (Å²) < 4.78 is 39.4. The van der Waals surface area contributed by atoms with Crippen molar-refractivity contribution < 1.29 is 18.0 Å². The quantitative estimate of drug-likeness (QED) is 0.806. The van der Waals surface area contributed by atoms with Gasteiger partial charge in [0.05, 0.1) is 11.3 Å². The zero-order valence-corrected chi connectivity index (χ0v) is 13.3. The maximum absolute atomic E-state index is 13.1. The molecule has 1 fully saturated rings. The molecule has 0 radical (unpaired) electrons.